The van der Waals surface area contributed by atoms with Crippen molar-refractivity contribution in [1.82, 2.24) is 5.32 Å². The van der Waals surface area contributed by atoms with Crippen molar-refractivity contribution in [3.63, 3.8) is 0 Å². The molecule has 4 bridgehead atoms. The lowest BCUT2D eigenvalue weighted by Crippen LogP contribution is -2.51. The molecule has 0 saturated heterocycles. The quantitative estimate of drug-likeness (QED) is 0.715. The van der Waals surface area contributed by atoms with Gasteiger partial charge in [-0.1, -0.05) is 0 Å². The number of hydrogen-bond donors (Lipinski definition) is 2. The van der Waals surface area contributed by atoms with Crippen LogP contribution in [0, 0.1) is 29.0 Å². The average Bonchev–Trinajstić information content (AvgIpc) is 2.65. The van der Waals surface area contributed by atoms with E-state index in [4.69, 9.17) is 0 Å². The summed E-state index contributed by atoms with van der Waals surface area (Å²) in [6, 6.07) is 5.67. The van der Waals surface area contributed by atoms with Crippen LogP contribution in [0.4, 0.5) is 10.1 Å². The minimum atomic E-state index is -0.336. The molecule has 28 heavy (non-hydrogen) atoms. The molecule has 2 N–H and O–H groups in total. The largest absolute Gasteiger partial charge is 0.355 e. The summed E-state index contributed by atoms with van der Waals surface area (Å²) in [7, 11) is 0. The van der Waals surface area contributed by atoms with Crippen molar-refractivity contribution in [3.8, 4) is 0 Å². The first-order valence-electron chi connectivity index (χ1n) is 10.4. The number of rotatable bonds is 7. The molecule has 5 rings (SSSR count). The summed E-state index contributed by atoms with van der Waals surface area (Å²) in [6.07, 6.45) is 8.05. The van der Waals surface area contributed by atoms with Gasteiger partial charge >= 0.3 is 0 Å². The molecule has 0 spiro atoms. The third kappa shape index (κ3) is 4.53. The number of anilines is 1. The van der Waals surface area contributed by atoms with Crippen LogP contribution >= 0.6 is 11.8 Å². The Morgan fingerprint density at radius 1 is 1.11 bits per heavy atom. The Hall–Kier alpha value is -1.56. The number of benzene rings is 1. The minimum absolute atomic E-state index is 0.0235. The van der Waals surface area contributed by atoms with Crippen LogP contribution < -0.4 is 10.6 Å². The highest BCUT2D eigenvalue weighted by molar-refractivity contribution is 8.01. The van der Waals surface area contributed by atoms with Crippen LogP contribution in [-0.4, -0.2) is 29.4 Å². The van der Waals surface area contributed by atoms with Crippen LogP contribution in [0.2, 0.25) is 0 Å². The Morgan fingerprint density at radius 3 is 2.25 bits per heavy atom. The summed E-state index contributed by atoms with van der Waals surface area (Å²) in [5, 5.41) is 5.64. The first-order chi connectivity index (χ1) is 13.4. The summed E-state index contributed by atoms with van der Waals surface area (Å²) in [5.41, 5.74) is 0.889. The zero-order valence-corrected chi connectivity index (χ0v) is 17.2. The lowest BCUT2D eigenvalue weighted by Gasteiger charge is -2.57. The Bertz CT molecular complexity index is 701. The first-order valence-corrected chi connectivity index (χ1v) is 11.4. The summed E-state index contributed by atoms with van der Waals surface area (Å²) in [6.45, 7) is 2.65. The number of nitrogens with one attached hydrogen (secondary N) is 2. The van der Waals surface area contributed by atoms with E-state index in [1.54, 1.807) is 0 Å². The molecule has 152 valence electrons. The number of thioether (sulfide) groups is 1. The van der Waals surface area contributed by atoms with E-state index in [9.17, 15) is 14.0 Å². The molecule has 2 amide bonds. The van der Waals surface area contributed by atoms with Crippen molar-refractivity contribution in [2.45, 2.75) is 50.7 Å². The maximum atomic E-state index is 12.9. The number of carbonyl (C=O) groups excluding carboxylic acids is 2. The Labute approximate surface area is 170 Å². The monoisotopic (exact) mass is 404 g/mol. The van der Waals surface area contributed by atoms with Gasteiger partial charge in [0.1, 0.15) is 5.82 Å². The van der Waals surface area contributed by atoms with Gasteiger partial charge in [-0.2, -0.15) is 0 Å². The van der Waals surface area contributed by atoms with E-state index < -0.39 is 0 Å². The third-order valence-electron chi connectivity index (χ3n) is 6.76. The first kappa shape index (κ1) is 19.7. The van der Waals surface area contributed by atoms with E-state index in [0.717, 1.165) is 24.3 Å². The van der Waals surface area contributed by atoms with Gasteiger partial charge in [-0.05, 0) is 92.9 Å². The molecule has 4 saturated carbocycles. The topological polar surface area (TPSA) is 58.2 Å². The second kappa shape index (κ2) is 8.05. The van der Waals surface area contributed by atoms with E-state index in [0.29, 0.717) is 11.1 Å². The van der Waals surface area contributed by atoms with Crippen LogP contribution in [0.5, 0.6) is 0 Å². The molecule has 4 nitrogen and oxygen atoms in total. The normalized spacial score (nSPS) is 31.4. The summed E-state index contributed by atoms with van der Waals surface area (Å²) in [5.74, 6) is 2.34. The number of halogens is 1. The standard InChI is InChI=1S/C22H29FN2O2S/c1-14(28-12-20(26)25-19-4-2-18(23)3-5-19)21(27)24-13-22-9-15-6-16(10-22)8-17(7-15)11-22/h2-5,14-17H,6-13H2,1H3,(H,24,27)(H,25,26). The van der Waals surface area contributed by atoms with E-state index in [1.807, 2.05) is 6.92 Å². The van der Waals surface area contributed by atoms with Gasteiger partial charge in [0.15, 0.2) is 0 Å². The maximum absolute atomic E-state index is 12.9. The molecule has 0 radical (unpaired) electrons. The molecular weight excluding hydrogens is 375 g/mol. The van der Waals surface area contributed by atoms with E-state index in [2.05, 4.69) is 10.6 Å². The Kier molecular flexibility index (Phi) is 5.68. The predicted molar refractivity (Wildman–Crippen MR) is 111 cm³/mol. The summed E-state index contributed by atoms with van der Waals surface area (Å²) >= 11 is 1.33. The van der Waals surface area contributed by atoms with Crippen molar-refractivity contribution in [3.05, 3.63) is 30.1 Å². The Morgan fingerprint density at radius 2 is 1.68 bits per heavy atom. The average molecular weight is 405 g/mol. The predicted octanol–water partition coefficient (Wildman–Crippen LogP) is 4.22. The highest BCUT2D eigenvalue weighted by atomic mass is 32.2. The van der Waals surface area contributed by atoms with Crippen LogP contribution in [-0.2, 0) is 9.59 Å². The van der Waals surface area contributed by atoms with Crippen molar-refractivity contribution < 1.29 is 14.0 Å². The van der Waals surface area contributed by atoms with Gasteiger partial charge in [0.25, 0.3) is 0 Å². The fourth-order valence-corrected chi connectivity index (χ4v) is 6.64. The van der Waals surface area contributed by atoms with Crippen LogP contribution in [0.1, 0.15) is 45.4 Å². The second-order valence-corrected chi connectivity index (χ2v) is 10.5. The van der Waals surface area contributed by atoms with Gasteiger partial charge in [0, 0.05) is 12.2 Å². The summed E-state index contributed by atoms with van der Waals surface area (Å²) < 4.78 is 12.9. The molecule has 1 atom stereocenters. The molecule has 4 aliphatic carbocycles. The Balaban J connectivity index is 1.21. The third-order valence-corrected chi connectivity index (χ3v) is 7.91. The van der Waals surface area contributed by atoms with Gasteiger partial charge in [0.05, 0.1) is 11.0 Å². The van der Waals surface area contributed by atoms with Crippen LogP contribution in [0.15, 0.2) is 24.3 Å². The zero-order chi connectivity index (χ0) is 19.7. The van der Waals surface area contributed by atoms with Crippen LogP contribution in [0.3, 0.4) is 0 Å². The van der Waals surface area contributed by atoms with Crippen LogP contribution in [0.25, 0.3) is 0 Å². The van der Waals surface area contributed by atoms with E-state index >= 15 is 0 Å². The van der Waals surface area contributed by atoms with Crippen molar-refractivity contribution in [2.75, 3.05) is 17.6 Å². The molecule has 4 aliphatic rings. The second-order valence-electron chi connectivity index (χ2n) is 9.14. The van der Waals surface area contributed by atoms with Gasteiger partial charge in [0.2, 0.25) is 11.8 Å². The molecule has 0 aliphatic heterocycles. The van der Waals surface area contributed by atoms with E-state index in [1.165, 1.54) is 74.6 Å². The number of amides is 2. The molecule has 0 heterocycles. The fraction of sp³-hybridized carbons (Fsp3) is 0.636. The molecule has 0 aromatic heterocycles. The molecule has 1 unspecified atom stereocenters. The van der Waals surface area contributed by atoms with Gasteiger partial charge in [-0.15, -0.1) is 11.8 Å². The molecule has 1 aromatic rings. The lowest BCUT2D eigenvalue weighted by molar-refractivity contribution is -0.122. The van der Waals surface area contributed by atoms with Crippen molar-refractivity contribution in [1.29, 1.82) is 0 Å². The van der Waals surface area contributed by atoms with E-state index in [-0.39, 0.29) is 28.6 Å². The van der Waals surface area contributed by atoms with Gasteiger partial charge in [-0.25, -0.2) is 4.39 Å². The molecule has 1 aromatic carbocycles. The highest BCUT2D eigenvalue weighted by Gasteiger charge is 2.50. The SMILES string of the molecule is CC(SCC(=O)Nc1ccc(F)cc1)C(=O)NCC12CC3CC(CC(C3)C1)C2. The smallest absolute Gasteiger partial charge is 0.234 e. The minimum Gasteiger partial charge on any atom is -0.355 e. The highest BCUT2D eigenvalue weighted by Crippen LogP contribution is 2.59. The lowest BCUT2D eigenvalue weighted by atomic mass is 9.49. The number of hydrogen-bond acceptors (Lipinski definition) is 3. The summed E-state index contributed by atoms with van der Waals surface area (Å²) in [4.78, 5) is 24.6. The number of carbonyl (C=O) groups is 2. The molecular formula is C22H29FN2O2S. The molecule has 6 heteroatoms. The van der Waals surface area contributed by atoms with Crippen molar-refractivity contribution in [2.24, 2.45) is 23.2 Å². The van der Waals surface area contributed by atoms with Gasteiger partial charge in [-0.3, -0.25) is 9.59 Å². The molecule has 4 fully saturated rings. The maximum Gasteiger partial charge on any atom is 0.234 e. The van der Waals surface area contributed by atoms with Gasteiger partial charge < -0.3 is 10.6 Å². The zero-order valence-electron chi connectivity index (χ0n) is 16.4. The fourth-order valence-electron chi connectivity index (χ4n) is 5.93. The van der Waals surface area contributed by atoms with Crippen molar-refractivity contribution >= 4 is 29.3 Å².